The van der Waals surface area contributed by atoms with Gasteiger partial charge in [0.2, 0.25) is 0 Å². The molecule has 0 amide bonds. The quantitative estimate of drug-likeness (QED) is 0.473. The van der Waals surface area contributed by atoms with Gasteiger partial charge in [0, 0.05) is 36.5 Å². The molecule has 1 saturated carbocycles. The van der Waals surface area contributed by atoms with Crippen molar-refractivity contribution in [3.63, 3.8) is 0 Å². The summed E-state index contributed by atoms with van der Waals surface area (Å²) in [7, 11) is 1.68. The zero-order valence-electron chi connectivity index (χ0n) is 19.9. The number of hydrogen-bond donors (Lipinski definition) is 0. The third kappa shape index (κ3) is 4.87. The first kappa shape index (κ1) is 23.3. The van der Waals surface area contributed by atoms with Crippen molar-refractivity contribution < 1.29 is 19.0 Å². The van der Waals surface area contributed by atoms with Crippen LogP contribution in [0.5, 0.6) is 5.75 Å². The van der Waals surface area contributed by atoms with Crippen LogP contribution >= 0.6 is 0 Å². The van der Waals surface area contributed by atoms with Crippen LogP contribution in [0.1, 0.15) is 81.1 Å². The van der Waals surface area contributed by atoms with Gasteiger partial charge in [-0.3, -0.25) is 4.79 Å². The maximum Gasteiger partial charge on any atom is 0.166 e. The summed E-state index contributed by atoms with van der Waals surface area (Å²) in [4.78, 5) is 13.5. The molecule has 2 atom stereocenters. The summed E-state index contributed by atoms with van der Waals surface area (Å²) < 4.78 is 18.4. The molecule has 1 aliphatic heterocycles. The number of ketones is 1. The molecule has 0 radical (unpaired) electrons. The molecule has 4 nitrogen and oxygen atoms in total. The van der Waals surface area contributed by atoms with Crippen LogP contribution in [0.25, 0.3) is 0 Å². The summed E-state index contributed by atoms with van der Waals surface area (Å²) in [6, 6.07) is 5.85. The molecule has 32 heavy (non-hydrogen) atoms. The Morgan fingerprint density at radius 3 is 2.66 bits per heavy atom. The van der Waals surface area contributed by atoms with Gasteiger partial charge in [0.15, 0.2) is 5.78 Å². The van der Waals surface area contributed by atoms with Crippen molar-refractivity contribution in [3.8, 4) is 5.75 Å². The molecule has 0 N–H and O–H groups in total. The fourth-order valence-corrected chi connectivity index (χ4v) is 5.87. The molecule has 1 aromatic carbocycles. The van der Waals surface area contributed by atoms with E-state index in [1.165, 1.54) is 5.57 Å². The van der Waals surface area contributed by atoms with E-state index in [0.717, 1.165) is 81.3 Å². The summed E-state index contributed by atoms with van der Waals surface area (Å²) in [5.74, 6) is 1.14. The van der Waals surface area contributed by atoms with Gasteiger partial charge in [-0.05, 0) is 63.5 Å². The van der Waals surface area contributed by atoms with E-state index in [4.69, 9.17) is 14.2 Å². The van der Waals surface area contributed by atoms with Crippen molar-refractivity contribution in [2.75, 3.05) is 13.7 Å². The van der Waals surface area contributed by atoms with Gasteiger partial charge < -0.3 is 14.2 Å². The Balaban J connectivity index is 1.48. The number of allylic oxidation sites excluding steroid dienone is 2. The largest absolute Gasteiger partial charge is 0.496 e. The summed E-state index contributed by atoms with van der Waals surface area (Å²) in [5.41, 5.74) is 3.00. The summed E-state index contributed by atoms with van der Waals surface area (Å²) in [6.45, 7) is 4.90. The molecule has 1 aromatic rings. The van der Waals surface area contributed by atoms with Gasteiger partial charge in [-0.25, -0.2) is 0 Å². The second kappa shape index (κ2) is 10.4. The van der Waals surface area contributed by atoms with Crippen LogP contribution in [-0.2, 0) is 15.9 Å². The smallest absolute Gasteiger partial charge is 0.166 e. The molecule has 1 saturated heterocycles. The van der Waals surface area contributed by atoms with Crippen molar-refractivity contribution in [1.29, 1.82) is 0 Å². The van der Waals surface area contributed by atoms with Crippen LogP contribution in [0.15, 0.2) is 42.0 Å². The Morgan fingerprint density at radius 1 is 1.19 bits per heavy atom. The number of benzene rings is 1. The van der Waals surface area contributed by atoms with E-state index in [1.54, 1.807) is 7.11 Å². The van der Waals surface area contributed by atoms with E-state index in [0.29, 0.717) is 0 Å². The number of methoxy groups -OCH3 is 1. The van der Waals surface area contributed by atoms with Gasteiger partial charge in [-0.1, -0.05) is 37.3 Å². The highest BCUT2D eigenvalue weighted by Gasteiger charge is 2.46. The normalized spacial score (nSPS) is 30.2. The lowest BCUT2D eigenvalue weighted by atomic mass is 9.71. The van der Waals surface area contributed by atoms with Crippen LogP contribution in [0.4, 0.5) is 0 Å². The topological polar surface area (TPSA) is 44.8 Å². The lowest BCUT2D eigenvalue weighted by molar-refractivity contribution is -0.175. The minimum absolute atomic E-state index is 0.0568. The zero-order chi connectivity index (χ0) is 22.6. The first-order valence-corrected chi connectivity index (χ1v) is 12.4. The SMILES string of the molecule is CCOC1CC(C2=CCCC=C2)OC2(CCC(C(=O)c3cccc(OC)c3CC)CC2)C1. The van der Waals surface area contributed by atoms with E-state index >= 15 is 0 Å². The maximum atomic E-state index is 13.5. The average Bonchev–Trinajstić information content (AvgIpc) is 2.84. The highest BCUT2D eigenvalue weighted by Crippen LogP contribution is 2.45. The van der Waals surface area contributed by atoms with Crippen molar-refractivity contribution in [3.05, 3.63) is 53.1 Å². The lowest BCUT2D eigenvalue weighted by Gasteiger charge is -2.48. The van der Waals surface area contributed by atoms with Gasteiger partial charge in [0.25, 0.3) is 0 Å². The number of rotatable bonds is 7. The van der Waals surface area contributed by atoms with E-state index in [2.05, 4.69) is 32.1 Å². The maximum absolute atomic E-state index is 13.5. The lowest BCUT2D eigenvalue weighted by Crippen LogP contribution is -2.50. The highest BCUT2D eigenvalue weighted by molar-refractivity contribution is 5.99. The Bertz CT molecular complexity index is 860. The third-order valence-corrected chi connectivity index (χ3v) is 7.51. The molecule has 0 bridgehead atoms. The average molecular weight is 439 g/mol. The van der Waals surface area contributed by atoms with Gasteiger partial charge in [-0.2, -0.15) is 0 Å². The highest BCUT2D eigenvalue weighted by atomic mass is 16.5. The van der Waals surface area contributed by atoms with Crippen LogP contribution in [0.2, 0.25) is 0 Å². The van der Waals surface area contributed by atoms with Gasteiger partial charge in [-0.15, -0.1) is 0 Å². The Labute approximate surface area is 193 Å². The number of hydrogen-bond acceptors (Lipinski definition) is 4. The number of ether oxygens (including phenoxy) is 3. The number of Topliss-reactive ketones (excluding diaryl/α,β-unsaturated/α-hetero) is 1. The first-order chi connectivity index (χ1) is 15.6. The molecular weight excluding hydrogens is 400 g/mol. The number of carbonyl (C=O) groups is 1. The molecule has 174 valence electrons. The summed E-state index contributed by atoms with van der Waals surface area (Å²) in [5, 5.41) is 0. The van der Waals surface area contributed by atoms with E-state index in [9.17, 15) is 4.79 Å². The van der Waals surface area contributed by atoms with E-state index in [1.807, 2.05) is 18.2 Å². The summed E-state index contributed by atoms with van der Waals surface area (Å²) in [6.07, 6.45) is 15.6. The molecule has 0 aromatic heterocycles. The summed E-state index contributed by atoms with van der Waals surface area (Å²) >= 11 is 0. The molecule has 1 heterocycles. The van der Waals surface area contributed by atoms with Crippen LogP contribution in [0.3, 0.4) is 0 Å². The monoisotopic (exact) mass is 438 g/mol. The predicted molar refractivity (Wildman–Crippen MR) is 127 cm³/mol. The Hall–Kier alpha value is -1.91. The van der Waals surface area contributed by atoms with E-state index < -0.39 is 0 Å². The van der Waals surface area contributed by atoms with Crippen molar-refractivity contribution in [2.45, 2.75) is 89.4 Å². The minimum Gasteiger partial charge on any atom is -0.496 e. The standard InChI is InChI=1S/C28H38O4/c1-4-23-24(12-9-13-25(23)30-3)27(29)21-14-16-28(17-15-21)19-22(31-5-2)18-26(32-28)20-10-7-6-8-11-20/h7,9-13,21-22,26H,4-6,8,14-19H2,1-3H3. The van der Waals surface area contributed by atoms with Crippen molar-refractivity contribution >= 4 is 5.78 Å². The molecule has 4 rings (SSSR count). The molecule has 2 unspecified atom stereocenters. The Morgan fingerprint density at radius 2 is 2.00 bits per heavy atom. The van der Waals surface area contributed by atoms with Crippen LogP contribution in [-0.4, -0.2) is 37.3 Å². The predicted octanol–water partition coefficient (Wildman–Crippen LogP) is 6.23. The van der Waals surface area contributed by atoms with Gasteiger partial charge in [0.05, 0.1) is 24.9 Å². The van der Waals surface area contributed by atoms with E-state index in [-0.39, 0.29) is 29.5 Å². The Kier molecular flexibility index (Phi) is 7.52. The van der Waals surface area contributed by atoms with Crippen LogP contribution < -0.4 is 4.74 Å². The molecular formula is C28H38O4. The van der Waals surface area contributed by atoms with Gasteiger partial charge in [0.1, 0.15) is 5.75 Å². The van der Waals surface area contributed by atoms with Gasteiger partial charge >= 0.3 is 0 Å². The van der Waals surface area contributed by atoms with Crippen molar-refractivity contribution in [1.82, 2.24) is 0 Å². The first-order valence-electron chi connectivity index (χ1n) is 12.4. The van der Waals surface area contributed by atoms with Crippen molar-refractivity contribution in [2.24, 2.45) is 5.92 Å². The third-order valence-electron chi connectivity index (χ3n) is 7.51. The second-order valence-corrected chi connectivity index (χ2v) is 9.47. The molecule has 2 fully saturated rings. The second-order valence-electron chi connectivity index (χ2n) is 9.47. The minimum atomic E-state index is -0.173. The molecule has 1 spiro atoms. The molecule has 4 heteroatoms. The number of carbonyl (C=O) groups excluding carboxylic acids is 1. The van der Waals surface area contributed by atoms with Crippen LogP contribution in [0, 0.1) is 5.92 Å². The fraction of sp³-hybridized carbons (Fsp3) is 0.607. The fourth-order valence-electron chi connectivity index (χ4n) is 5.87. The molecule has 2 aliphatic carbocycles. The zero-order valence-corrected chi connectivity index (χ0v) is 19.9. The molecule has 3 aliphatic rings.